The lowest BCUT2D eigenvalue weighted by atomic mass is 10.3. The Balaban J connectivity index is 2.42. The van der Waals surface area contributed by atoms with Crippen molar-refractivity contribution < 1.29 is 9.53 Å². The summed E-state index contributed by atoms with van der Waals surface area (Å²) in [6.45, 7) is 3.03. The highest BCUT2D eigenvalue weighted by atomic mass is 16.5. The van der Waals surface area contributed by atoms with Crippen LogP contribution in [0.3, 0.4) is 0 Å². The van der Waals surface area contributed by atoms with Gasteiger partial charge >= 0.3 is 0 Å². The number of carbonyl (C=O) groups is 1. The van der Waals surface area contributed by atoms with Gasteiger partial charge in [-0.3, -0.25) is 4.79 Å². The summed E-state index contributed by atoms with van der Waals surface area (Å²) in [5, 5.41) is 2.70. The molecule has 1 amide bonds. The lowest BCUT2D eigenvalue weighted by molar-refractivity contribution is -0.114. The van der Waals surface area contributed by atoms with E-state index in [2.05, 4.69) is 10.2 Å². The molecular weight excluding hydrogens is 204 g/mol. The maximum absolute atomic E-state index is 10.8. The number of hydrogen-bond acceptors (Lipinski definition) is 3. The van der Waals surface area contributed by atoms with Gasteiger partial charge < -0.3 is 15.0 Å². The molecule has 0 aromatic heterocycles. The molecule has 0 saturated carbocycles. The molecule has 16 heavy (non-hydrogen) atoms. The third-order valence-electron chi connectivity index (χ3n) is 1.98. The molecule has 88 valence electrons. The molecule has 1 N–H and O–H groups in total. The molecule has 0 aliphatic heterocycles. The van der Waals surface area contributed by atoms with Crippen LogP contribution < -0.4 is 10.1 Å². The van der Waals surface area contributed by atoms with Crippen molar-refractivity contribution in [3.63, 3.8) is 0 Å². The molecular formula is C12H18N2O2. The first-order chi connectivity index (χ1) is 7.58. The largest absolute Gasteiger partial charge is 0.492 e. The summed E-state index contributed by atoms with van der Waals surface area (Å²) in [6.07, 6.45) is 0. The SMILES string of the molecule is CC(=O)Nc1ccc(OCCN(C)C)cc1. The number of ether oxygens (including phenoxy) is 1. The molecule has 0 radical (unpaired) electrons. The summed E-state index contributed by atoms with van der Waals surface area (Å²) >= 11 is 0. The number of benzene rings is 1. The van der Waals surface area contributed by atoms with Crippen molar-refractivity contribution >= 4 is 11.6 Å². The van der Waals surface area contributed by atoms with E-state index in [-0.39, 0.29) is 5.91 Å². The van der Waals surface area contributed by atoms with Gasteiger partial charge in [-0.05, 0) is 38.4 Å². The Bertz CT molecular complexity index is 333. The van der Waals surface area contributed by atoms with E-state index >= 15 is 0 Å². The monoisotopic (exact) mass is 222 g/mol. The molecule has 0 bridgehead atoms. The fraction of sp³-hybridized carbons (Fsp3) is 0.417. The van der Waals surface area contributed by atoms with E-state index in [1.165, 1.54) is 6.92 Å². The van der Waals surface area contributed by atoms with E-state index in [1.807, 2.05) is 38.4 Å². The van der Waals surface area contributed by atoms with Crippen LogP contribution in [-0.2, 0) is 4.79 Å². The maximum Gasteiger partial charge on any atom is 0.221 e. The highest BCUT2D eigenvalue weighted by Crippen LogP contribution is 2.15. The summed E-state index contributed by atoms with van der Waals surface area (Å²) < 4.78 is 5.52. The number of amides is 1. The van der Waals surface area contributed by atoms with Crippen LogP contribution in [0.25, 0.3) is 0 Å². The minimum absolute atomic E-state index is 0.0683. The number of nitrogens with zero attached hydrogens (tertiary/aromatic N) is 1. The number of hydrogen-bond donors (Lipinski definition) is 1. The predicted molar refractivity (Wildman–Crippen MR) is 64.8 cm³/mol. The van der Waals surface area contributed by atoms with Crippen molar-refractivity contribution in [1.82, 2.24) is 4.90 Å². The van der Waals surface area contributed by atoms with Crippen molar-refractivity contribution in [1.29, 1.82) is 0 Å². The Kier molecular flexibility index (Phi) is 4.79. The number of anilines is 1. The van der Waals surface area contributed by atoms with Crippen molar-refractivity contribution in [2.45, 2.75) is 6.92 Å². The van der Waals surface area contributed by atoms with E-state index in [1.54, 1.807) is 0 Å². The Morgan fingerprint density at radius 1 is 1.31 bits per heavy atom. The number of likely N-dealkylation sites (N-methyl/N-ethyl adjacent to an activating group) is 1. The quantitative estimate of drug-likeness (QED) is 0.822. The van der Waals surface area contributed by atoms with Gasteiger partial charge in [-0.25, -0.2) is 0 Å². The van der Waals surface area contributed by atoms with Gasteiger partial charge in [0.05, 0.1) is 0 Å². The van der Waals surface area contributed by atoms with Crippen LogP contribution in [-0.4, -0.2) is 38.1 Å². The highest BCUT2D eigenvalue weighted by Gasteiger charge is 1.97. The van der Waals surface area contributed by atoms with Gasteiger partial charge in [0.25, 0.3) is 0 Å². The standard InChI is InChI=1S/C12H18N2O2/c1-10(15)13-11-4-6-12(7-5-11)16-9-8-14(2)3/h4-7H,8-9H2,1-3H3,(H,13,15). The molecule has 0 spiro atoms. The maximum atomic E-state index is 10.8. The third kappa shape index (κ3) is 4.79. The number of rotatable bonds is 5. The molecule has 0 aliphatic carbocycles. The first-order valence-corrected chi connectivity index (χ1v) is 5.23. The minimum atomic E-state index is -0.0683. The molecule has 4 nitrogen and oxygen atoms in total. The second-order valence-electron chi connectivity index (χ2n) is 3.86. The molecule has 4 heteroatoms. The molecule has 1 aromatic rings. The Morgan fingerprint density at radius 3 is 2.44 bits per heavy atom. The zero-order chi connectivity index (χ0) is 12.0. The summed E-state index contributed by atoms with van der Waals surface area (Å²) in [5.74, 6) is 0.747. The van der Waals surface area contributed by atoms with Crippen LogP contribution in [0.4, 0.5) is 5.69 Å². The van der Waals surface area contributed by atoms with Crippen LogP contribution in [0, 0.1) is 0 Å². The molecule has 0 unspecified atom stereocenters. The molecule has 1 rings (SSSR count). The summed E-state index contributed by atoms with van der Waals surface area (Å²) in [5.41, 5.74) is 0.785. The minimum Gasteiger partial charge on any atom is -0.492 e. The lowest BCUT2D eigenvalue weighted by Crippen LogP contribution is -2.19. The fourth-order valence-electron chi connectivity index (χ4n) is 1.18. The Hall–Kier alpha value is -1.55. The average Bonchev–Trinajstić information content (AvgIpc) is 2.19. The second-order valence-corrected chi connectivity index (χ2v) is 3.86. The normalized spacial score (nSPS) is 10.2. The van der Waals surface area contributed by atoms with Crippen molar-refractivity contribution in [2.24, 2.45) is 0 Å². The zero-order valence-electron chi connectivity index (χ0n) is 9.99. The first kappa shape index (κ1) is 12.5. The van der Waals surface area contributed by atoms with Crippen LogP contribution in [0.1, 0.15) is 6.92 Å². The van der Waals surface area contributed by atoms with Crippen LogP contribution in [0.5, 0.6) is 5.75 Å². The van der Waals surface area contributed by atoms with Crippen molar-refractivity contribution in [3.05, 3.63) is 24.3 Å². The fourth-order valence-corrected chi connectivity index (χ4v) is 1.18. The molecule has 0 saturated heterocycles. The molecule has 0 fully saturated rings. The van der Waals surface area contributed by atoms with Crippen molar-refractivity contribution in [3.8, 4) is 5.75 Å². The topological polar surface area (TPSA) is 41.6 Å². The van der Waals surface area contributed by atoms with E-state index in [0.29, 0.717) is 6.61 Å². The number of carbonyl (C=O) groups excluding carboxylic acids is 1. The molecule has 1 aromatic carbocycles. The van der Waals surface area contributed by atoms with Gasteiger partial charge in [0.2, 0.25) is 5.91 Å². The zero-order valence-corrected chi connectivity index (χ0v) is 9.99. The van der Waals surface area contributed by atoms with Crippen LogP contribution >= 0.6 is 0 Å². The lowest BCUT2D eigenvalue weighted by Gasteiger charge is -2.11. The van der Waals surface area contributed by atoms with Gasteiger partial charge in [-0.1, -0.05) is 0 Å². The summed E-state index contributed by atoms with van der Waals surface area (Å²) in [7, 11) is 4.01. The van der Waals surface area contributed by atoms with Crippen LogP contribution in [0.15, 0.2) is 24.3 Å². The van der Waals surface area contributed by atoms with Gasteiger partial charge in [-0.15, -0.1) is 0 Å². The Morgan fingerprint density at radius 2 is 1.94 bits per heavy atom. The second kappa shape index (κ2) is 6.12. The number of nitrogens with one attached hydrogen (secondary N) is 1. The van der Waals surface area contributed by atoms with E-state index in [9.17, 15) is 4.79 Å². The predicted octanol–water partition coefficient (Wildman–Crippen LogP) is 1.59. The molecule has 0 atom stereocenters. The smallest absolute Gasteiger partial charge is 0.221 e. The molecule has 0 aliphatic rings. The Labute approximate surface area is 96.2 Å². The van der Waals surface area contributed by atoms with E-state index in [0.717, 1.165) is 18.0 Å². The van der Waals surface area contributed by atoms with Crippen LogP contribution in [0.2, 0.25) is 0 Å². The first-order valence-electron chi connectivity index (χ1n) is 5.23. The van der Waals surface area contributed by atoms with Gasteiger partial charge in [0.15, 0.2) is 0 Å². The average molecular weight is 222 g/mol. The van der Waals surface area contributed by atoms with Gasteiger partial charge in [-0.2, -0.15) is 0 Å². The summed E-state index contributed by atoms with van der Waals surface area (Å²) in [4.78, 5) is 12.9. The van der Waals surface area contributed by atoms with Gasteiger partial charge in [0, 0.05) is 19.2 Å². The van der Waals surface area contributed by atoms with Gasteiger partial charge in [0.1, 0.15) is 12.4 Å². The van der Waals surface area contributed by atoms with Crippen molar-refractivity contribution in [2.75, 3.05) is 32.6 Å². The van der Waals surface area contributed by atoms with E-state index in [4.69, 9.17) is 4.74 Å². The van der Waals surface area contributed by atoms with E-state index < -0.39 is 0 Å². The summed E-state index contributed by atoms with van der Waals surface area (Å²) in [6, 6.07) is 7.35. The highest BCUT2D eigenvalue weighted by molar-refractivity contribution is 5.88. The molecule has 0 heterocycles. The third-order valence-corrected chi connectivity index (χ3v) is 1.98.